The van der Waals surface area contributed by atoms with Gasteiger partial charge in [-0.3, -0.25) is 4.79 Å². The molecule has 0 bridgehead atoms. The van der Waals surface area contributed by atoms with Crippen LogP contribution in [0.4, 0.5) is 0 Å². The fourth-order valence-corrected chi connectivity index (χ4v) is 8.73. The first-order chi connectivity index (χ1) is 13.2. The van der Waals surface area contributed by atoms with Gasteiger partial charge in [-0.25, -0.2) is 0 Å². The SMILES string of the molecule is C[C@@H](CCC(=O)O)[C@H]1CC[C@H]2[C@@H]3[C@@H](O)C[C@@H]4C[C@@H](O)CC[C@]4(C)[C@H]3CC[C@]12C. The maximum Gasteiger partial charge on any atom is 0.303 e. The molecule has 10 atom stereocenters. The minimum absolute atomic E-state index is 0.179. The summed E-state index contributed by atoms with van der Waals surface area (Å²) in [7, 11) is 0. The molecule has 28 heavy (non-hydrogen) atoms. The predicted molar refractivity (Wildman–Crippen MR) is 109 cm³/mol. The minimum Gasteiger partial charge on any atom is -0.481 e. The highest BCUT2D eigenvalue weighted by molar-refractivity contribution is 5.66. The van der Waals surface area contributed by atoms with Crippen molar-refractivity contribution in [3.8, 4) is 0 Å². The molecule has 4 aliphatic carbocycles. The average molecular weight is 393 g/mol. The first kappa shape index (κ1) is 20.7. The van der Waals surface area contributed by atoms with Crippen molar-refractivity contribution in [3.63, 3.8) is 0 Å². The number of aliphatic hydroxyl groups is 2. The van der Waals surface area contributed by atoms with Crippen molar-refractivity contribution in [3.05, 3.63) is 0 Å². The summed E-state index contributed by atoms with van der Waals surface area (Å²) >= 11 is 0. The van der Waals surface area contributed by atoms with Crippen LogP contribution in [0.1, 0.15) is 85.0 Å². The molecule has 0 aromatic heterocycles. The van der Waals surface area contributed by atoms with E-state index >= 15 is 0 Å². The zero-order chi connectivity index (χ0) is 20.3. The van der Waals surface area contributed by atoms with Gasteiger partial charge in [-0.05, 0) is 104 Å². The molecule has 0 aromatic rings. The van der Waals surface area contributed by atoms with E-state index in [1.165, 1.54) is 25.7 Å². The van der Waals surface area contributed by atoms with Crippen molar-refractivity contribution in [2.75, 3.05) is 0 Å². The van der Waals surface area contributed by atoms with E-state index in [0.717, 1.165) is 32.1 Å². The molecule has 0 radical (unpaired) electrons. The zero-order valence-electron chi connectivity index (χ0n) is 17.9. The second-order valence-electron chi connectivity index (χ2n) is 11.4. The van der Waals surface area contributed by atoms with Gasteiger partial charge >= 0.3 is 5.97 Å². The lowest BCUT2D eigenvalue weighted by Crippen LogP contribution is -2.58. The van der Waals surface area contributed by atoms with Crippen molar-refractivity contribution in [1.29, 1.82) is 0 Å². The maximum absolute atomic E-state index is 11.2. The highest BCUT2D eigenvalue weighted by atomic mass is 16.4. The molecule has 0 amide bonds. The Labute approximate surface area is 170 Å². The van der Waals surface area contributed by atoms with Crippen molar-refractivity contribution in [1.82, 2.24) is 0 Å². The summed E-state index contributed by atoms with van der Waals surface area (Å²) in [6.07, 6.45) is 9.19. The average Bonchev–Trinajstić information content (AvgIpc) is 2.98. The van der Waals surface area contributed by atoms with Crippen LogP contribution in [0.15, 0.2) is 0 Å². The third kappa shape index (κ3) is 3.14. The lowest BCUT2D eigenvalue weighted by Gasteiger charge is -2.62. The summed E-state index contributed by atoms with van der Waals surface area (Å²) in [5, 5.41) is 30.5. The number of rotatable bonds is 4. The molecule has 0 aromatic carbocycles. The molecule has 4 fully saturated rings. The Morgan fingerprint density at radius 3 is 2.39 bits per heavy atom. The van der Waals surface area contributed by atoms with Gasteiger partial charge in [0.15, 0.2) is 0 Å². The van der Waals surface area contributed by atoms with Gasteiger partial charge in [0.1, 0.15) is 0 Å². The molecule has 4 heteroatoms. The normalized spacial score (nSPS) is 51.7. The van der Waals surface area contributed by atoms with Crippen LogP contribution in [0.2, 0.25) is 0 Å². The first-order valence-corrected chi connectivity index (χ1v) is 11.7. The quantitative estimate of drug-likeness (QED) is 0.659. The fraction of sp³-hybridized carbons (Fsp3) is 0.958. The molecular formula is C24H40O4. The van der Waals surface area contributed by atoms with Gasteiger partial charge < -0.3 is 15.3 Å². The number of aliphatic hydroxyl groups excluding tert-OH is 2. The molecular weight excluding hydrogens is 352 g/mol. The molecule has 160 valence electrons. The van der Waals surface area contributed by atoms with Crippen molar-refractivity contribution >= 4 is 5.97 Å². The molecule has 3 N–H and O–H groups in total. The highest BCUT2D eigenvalue weighted by Crippen LogP contribution is 2.68. The molecule has 0 heterocycles. The van der Waals surface area contributed by atoms with Crippen LogP contribution in [0, 0.1) is 46.3 Å². The van der Waals surface area contributed by atoms with Crippen LogP contribution in [0.25, 0.3) is 0 Å². The minimum atomic E-state index is -0.684. The lowest BCUT2D eigenvalue weighted by atomic mass is 9.43. The predicted octanol–water partition coefficient (Wildman–Crippen LogP) is 4.48. The Hall–Kier alpha value is -0.610. The first-order valence-electron chi connectivity index (χ1n) is 11.7. The van der Waals surface area contributed by atoms with Crippen LogP contribution in [-0.2, 0) is 4.79 Å². The zero-order valence-corrected chi connectivity index (χ0v) is 17.9. The monoisotopic (exact) mass is 392 g/mol. The third-order valence-electron chi connectivity index (χ3n) is 10.2. The molecule has 0 aliphatic heterocycles. The standard InChI is InChI=1S/C24H40O4/c1-14(4-7-21(27)28)17-5-6-18-22-19(9-11-24(17,18)3)23(2)10-8-16(25)12-15(23)13-20(22)26/h14-20,22,25-26H,4-13H2,1-3H3,(H,27,28)/t14-,15-,16-,17+,18-,19-,20-,22-,23-,24+/m0/s1. The Balaban J connectivity index is 1.55. The third-order valence-corrected chi connectivity index (χ3v) is 10.2. The number of hydrogen-bond acceptors (Lipinski definition) is 3. The van der Waals surface area contributed by atoms with Crippen molar-refractivity contribution < 1.29 is 20.1 Å². The number of carbonyl (C=O) groups is 1. The van der Waals surface area contributed by atoms with Crippen molar-refractivity contribution in [2.24, 2.45) is 46.3 Å². The smallest absolute Gasteiger partial charge is 0.303 e. The molecule has 0 saturated heterocycles. The second-order valence-corrected chi connectivity index (χ2v) is 11.4. The summed E-state index contributed by atoms with van der Waals surface area (Å²) in [4.78, 5) is 11.1. The van der Waals surface area contributed by atoms with Gasteiger partial charge in [-0.1, -0.05) is 20.8 Å². The largest absolute Gasteiger partial charge is 0.481 e. The number of carboxylic acids is 1. The fourth-order valence-electron chi connectivity index (χ4n) is 8.73. The lowest BCUT2D eigenvalue weighted by molar-refractivity contribution is -0.174. The summed E-state index contributed by atoms with van der Waals surface area (Å²) < 4.78 is 0. The second kappa shape index (κ2) is 7.27. The van der Waals surface area contributed by atoms with Crippen LogP contribution < -0.4 is 0 Å². The molecule has 0 spiro atoms. The van der Waals surface area contributed by atoms with E-state index in [1.807, 2.05) is 0 Å². The van der Waals surface area contributed by atoms with Crippen LogP contribution in [-0.4, -0.2) is 33.5 Å². The summed E-state index contributed by atoms with van der Waals surface area (Å²) in [5.41, 5.74) is 0.523. The van der Waals surface area contributed by atoms with Gasteiger partial charge in [-0.2, -0.15) is 0 Å². The van der Waals surface area contributed by atoms with E-state index in [4.69, 9.17) is 5.11 Å². The van der Waals surface area contributed by atoms with E-state index < -0.39 is 5.97 Å². The Bertz CT molecular complexity index is 605. The van der Waals surface area contributed by atoms with E-state index in [9.17, 15) is 15.0 Å². The van der Waals surface area contributed by atoms with Gasteiger partial charge in [0.2, 0.25) is 0 Å². The van der Waals surface area contributed by atoms with Gasteiger partial charge in [-0.15, -0.1) is 0 Å². The van der Waals surface area contributed by atoms with E-state index in [1.54, 1.807) is 0 Å². The Morgan fingerprint density at radius 1 is 1.00 bits per heavy atom. The van der Waals surface area contributed by atoms with Crippen LogP contribution in [0.5, 0.6) is 0 Å². The topological polar surface area (TPSA) is 77.8 Å². The molecule has 4 nitrogen and oxygen atoms in total. The van der Waals surface area contributed by atoms with Gasteiger partial charge in [0.25, 0.3) is 0 Å². The van der Waals surface area contributed by atoms with Crippen LogP contribution >= 0.6 is 0 Å². The van der Waals surface area contributed by atoms with Gasteiger partial charge in [0, 0.05) is 6.42 Å². The van der Waals surface area contributed by atoms with E-state index in [-0.39, 0.29) is 29.5 Å². The number of hydrogen-bond donors (Lipinski definition) is 3. The Kier molecular flexibility index (Phi) is 5.36. The number of aliphatic carboxylic acids is 1. The molecule has 0 unspecified atom stereocenters. The van der Waals surface area contributed by atoms with Gasteiger partial charge in [0.05, 0.1) is 12.2 Å². The Morgan fingerprint density at radius 2 is 1.68 bits per heavy atom. The summed E-state index contributed by atoms with van der Waals surface area (Å²) in [6.45, 7) is 7.16. The van der Waals surface area contributed by atoms with Crippen LogP contribution in [0.3, 0.4) is 0 Å². The molecule has 4 aliphatic rings. The van der Waals surface area contributed by atoms with Crippen molar-refractivity contribution in [2.45, 2.75) is 97.2 Å². The molecule has 4 rings (SSSR count). The van der Waals surface area contributed by atoms with E-state index in [0.29, 0.717) is 35.5 Å². The highest BCUT2D eigenvalue weighted by Gasteiger charge is 2.62. The number of carboxylic acid groups (broad SMARTS) is 1. The van der Waals surface area contributed by atoms with E-state index in [2.05, 4.69) is 20.8 Å². The number of fused-ring (bicyclic) bond motifs is 5. The maximum atomic E-state index is 11.2. The summed E-state index contributed by atoms with van der Waals surface area (Å²) in [5.74, 6) is 2.36. The summed E-state index contributed by atoms with van der Waals surface area (Å²) in [6, 6.07) is 0. The molecule has 4 saturated carbocycles.